The minimum atomic E-state index is -0.761. The summed E-state index contributed by atoms with van der Waals surface area (Å²) < 4.78 is 1.46. The Kier molecular flexibility index (Phi) is 3.84. The third-order valence-electron chi connectivity index (χ3n) is 3.42. The predicted octanol–water partition coefficient (Wildman–Crippen LogP) is -0.161. The van der Waals surface area contributed by atoms with Crippen LogP contribution in [0.3, 0.4) is 0 Å². The second-order valence-corrected chi connectivity index (χ2v) is 4.92. The molecule has 0 aliphatic heterocycles. The van der Waals surface area contributed by atoms with Crippen molar-refractivity contribution in [2.24, 2.45) is 5.73 Å². The first-order chi connectivity index (χ1) is 9.03. The van der Waals surface area contributed by atoms with E-state index in [1.54, 1.807) is 13.2 Å². The average molecular weight is 265 g/mol. The summed E-state index contributed by atoms with van der Waals surface area (Å²) in [5, 5.41) is 9.27. The van der Waals surface area contributed by atoms with E-state index in [-0.39, 0.29) is 18.4 Å². The van der Waals surface area contributed by atoms with Gasteiger partial charge in [0.05, 0.1) is 17.4 Å². The molecule has 4 N–H and O–H groups in total. The third-order valence-corrected chi connectivity index (χ3v) is 3.42. The summed E-state index contributed by atoms with van der Waals surface area (Å²) in [4.78, 5) is 23.3. The molecule has 2 amide bonds. The number of rotatable bonds is 4. The molecule has 0 radical (unpaired) electrons. The van der Waals surface area contributed by atoms with Crippen LogP contribution in [0.5, 0.6) is 0 Å². The number of carbonyl (C=O) groups is 2. The fourth-order valence-corrected chi connectivity index (χ4v) is 2.23. The Hall–Kier alpha value is -1.89. The number of nitrogens with two attached hydrogens (primary N) is 1. The van der Waals surface area contributed by atoms with E-state index in [9.17, 15) is 9.59 Å². The van der Waals surface area contributed by atoms with Gasteiger partial charge in [-0.05, 0) is 12.8 Å². The molecule has 2 rings (SSSR count). The molecule has 0 unspecified atom stereocenters. The number of carbonyl (C=O) groups excluding carboxylic acids is 2. The Balaban J connectivity index is 1.96. The maximum atomic E-state index is 12.1. The van der Waals surface area contributed by atoms with Crippen molar-refractivity contribution in [2.45, 2.75) is 37.8 Å². The number of hydrogen-bond acceptors (Lipinski definition) is 4. The van der Waals surface area contributed by atoms with Gasteiger partial charge in [-0.3, -0.25) is 14.3 Å². The van der Waals surface area contributed by atoms with Crippen LogP contribution in [0.2, 0.25) is 0 Å². The minimum Gasteiger partial charge on any atom is -0.358 e. The molecule has 1 aromatic rings. The molecule has 0 atom stereocenters. The lowest BCUT2D eigenvalue weighted by molar-refractivity contribution is -0.121. The summed E-state index contributed by atoms with van der Waals surface area (Å²) in [6, 6.07) is 0. The zero-order chi connectivity index (χ0) is 13.9. The van der Waals surface area contributed by atoms with Gasteiger partial charge in [0.15, 0.2) is 0 Å². The van der Waals surface area contributed by atoms with Crippen LogP contribution in [0.25, 0.3) is 0 Å². The fourth-order valence-electron chi connectivity index (χ4n) is 2.23. The molecule has 0 aromatic carbocycles. The normalized spacial score (nSPS) is 17.2. The SMILES string of the molecule is CNC(=O)Cn1cc(NC(=O)C2(N)CCCC2)cn1. The van der Waals surface area contributed by atoms with Gasteiger partial charge in [0.1, 0.15) is 6.54 Å². The van der Waals surface area contributed by atoms with Gasteiger partial charge in [0.2, 0.25) is 11.8 Å². The van der Waals surface area contributed by atoms with Crippen LogP contribution in [-0.2, 0) is 16.1 Å². The second-order valence-electron chi connectivity index (χ2n) is 4.92. The van der Waals surface area contributed by atoms with Crippen molar-refractivity contribution in [1.82, 2.24) is 15.1 Å². The van der Waals surface area contributed by atoms with Crippen molar-refractivity contribution in [1.29, 1.82) is 0 Å². The van der Waals surface area contributed by atoms with Crippen molar-refractivity contribution in [3.63, 3.8) is 0 Å². The number of nitrogens with one attached hydrogen (secondary N) is 2. The molecule has 19 heavy (non-hydrogen) atoms. The molecule has 1 aliphatic carbocycles. The molecule has 0 spiro atoms. The Bertz CT molecular complexity index is 476. The van der Waals surface area contributed by atoms with E-state index in [0.29, 0.717) is 18.5 Å². The van der Waals surface area contributed by atoms with Crippen LogP contribution in [-0.4, -0.2) is 34.2 Å². The quantitative estimate of drug-likeness (QED) is 0.704. The summed E-state index contributed by atoms with van der Waals surface area (Å²) in [6.45, 7) is 0.125. The van der Waals surface area contributed by atoms with E-state index in [4.69, 9.17) is 5.73 Å². The van der Waals surface area contributed by atoms with E-state index in [2.05, 4.69) is 15.7 Å². The molecule has 0 saturated heterocycles. The Morgan fingerprint density at radius 1 is 1.47 bits per heavy atom. The number of nitrogens with zero attached hydrogens (tertiary/aromatic N) is 2. The van der Waals surface area contributed by atoms with Crippen LogP contribution >= 0.6 is 0 Å². The Labute approximate surface area is 111 Å². The van der Waals surface area contributed by atoms with Gasteiger partial charge < -0.3 is 16.4 Å². The fraction of sp³-hybridized carbons (Fsp3) is 0.583. The van der Waals surface area contributed by atoms with Crippen molar-refractivity contribution >= 4 is 17.5 Å². The largest absolute Gasteiger partial charge is 0.358 e. The van der Waals surface area contributed by atoms with Gasteiger partial charge in [-0.1, -0.05) is 12.8 Å². The molecular weight excluding hydrogens is 246 g/mol. The zero-order valence-corrected chi connectivity index (χ0v) is 11.0. The van der Waals surface area contributed by atoms with Crippen LogP contribution < -0.4 is 16.4 Å². The summed E-state index contributed by atoms with van der Waals surface area (Å²) in [7, 11) is 1.56. The molecular formula is C12H19N5O2. The number of amides is 2. The molecule has 104 valence electrons. The first-order valence-electron chi connectivity index (χ1n) is 6.37. The third kappa shape index (κ3) is 3.11. The molecule has 7 nitrogen and oxygen atoms in total. The number of aromatic nitrogens is 2. The first-order valence-corrected chi connectivity index (χ1v) is 6.37. The number of likely N-dealkylation sites (N-methyl/N-ethyl adjacent to an activating group) is 1. The summed E-state index contributed by atoms with van der Waals surface area (Å²) in [6.07, 6.45) is 6.53. The van der Waals surface area contributed by atoms with Gasteiger partial charge >= 0.3 is 0 Å². The maximum absolute atomic E-state index is 12.1. The van der Waals surface area contributed by atoms with E-state index in [1.807, 2.05) is 0 Å². The molecule has 7 heteroatoms. The number of hydrogen-bond donors (Lipinski definition) is 3. The molecule has 1 saturated carbocycles. The van der Waals surface area contributed by atoms with Gasteiger partial charge in [-0.25, -0.2) is 0 Å². The lowest BCUT2D eigenvalue weighted by Crippen LogP contribution is -2.48. The van der Waals surface area contributed by atoms with E-state index in [1.165, 1.54) is 10.9 Å². The van der Waals surface area contributed by atoms with Gasteiger partial charge in [0.25, 0.3) is 0 Å². The number of anilines is 1. The van der Waals surface area contributed by atoms with Crippen molar-refractivity contribution < 1.29 is 9.59 Å². The monoisotopic (exact) mass is 265 g/mol. The first kappa shape index (κ1) is 13.5. The highest BCUT2D eigenvalue weighted by molar-refractivity contribution is 5.98. The van der Waals surface area contributed by atoms with Gasteiger partial charge in [-0.15, -0.1) is 0 Å². The topological polar surface area (TPSA) is 102 Å². The molecule has 1 aromatic heterocycles. The lowest BCUT2D eigenvalue weighted by Gasteiger charge is -2.21. The minimum absolute atomic E-state index is 0.125. The maximum Gasteiger partial charge on any atom is 0.244 e. The smallest absolute Gasteiger partial charge is 0.244 e. The van der Waals surface area contributed by atoms with Crippen molar-refractivity contribution in [3.8, 4) is 0 Å². The molecule has 1 heterocycles. The highest BCUT2D eigenvalue weighted by Crippen LogP contribution is 2.28. The molecule has 1 aliphatic rings. The lowest BCUT2D eigenvalue weighted by atomic mass is 9.98. The van der Waals surface area contributed by atoms with Gasteiger partial charge in [-0.2, -0.15) is 5.10 Å². The standard InChI is InChI=1S/C12H19N5O2/c1-14-10(18)8-17-7-9(6-15-17)16-11(19)12(13)4-2-3-5-12/h6-7H,2-5,8,13H2,1H3,(H,14,18)(H,16,19). The average Bonchev–Trinajstić information content (AvgIpc) is 2.99. The highest BCUT2D eigenvalue weighted by Gasteiger charge is 2.37. The Morgan fingerprint density at radius 2 is 2.16 bits per heavy atom. The highest BCUT2D eigenvalue weighted by atomic mass is 16.2. The summed E-state index contributed by atoms with van der Waals surface area (Å²) in [5.41, 5.74) is 5.86. The zero-order valence-electron chi connectivity index (χ0n) is 11.0. The van der Waals surface area contributed by atoms with E-state index < -0.39 is 5.54 Å². The Morgan fingerprint density at radius 3 is 2.79 bits per heavy atom. The van der Waals surface area contributed by atoms with Crippen LogP contribution in [0, 0.1) is 0 Å². The molecule has 1 fully saturated rings. The molecule has 0 bridgehead atoms. The predicted molar refractivity (Wildman–Crippen MR) is 70.3 cm³/mol. The van der Waals surface area contributed by atoms with Crippen LogP contribution in [0.4, 0.5) is 5.69 Å². The summed E-state index contributed by atoms with van der Waals surface area (Å²) >= 11 is 0. The van der Waals surface area contributed by atoms with Gasteiger partial charge in [0, 0.05) is 13.2 Å². The summed E-state index contributed by atoms with van der Waals surface area (Å²) in [5.74, 6) is -0.323. The van der Waals surface area contributed by atoms with Crippen LogP contribution in [0.1, 0.15) is 25.7 Å². The van der Waals surface area contributed by atoms with E-state index in [0.717, 1.165) is 12.8 Å². The van der Waals surface area contributed by atoms with E-state index >= 15 is 0 Å². The second kappa shape index (κ2) is 5.40. The van der Waals surface area contributed by atoms with Crippen LogP contribution in [0.15, 0.2) is 12.4 Å². The van der Waals surface area contributed by atoms with Crippen molar-refractivity contribution in [3.05, 3.63) is 12.4 Å². The van der Waals surface area contributed by atoms with Crippen molar-refractivity contribution in [2.75, 3.05) is 12.4 Å².